The van der Waals surface area contributed by atoms with E-state index < -0.39 is 5.91 Å². The van der Waals surface area contributed by atoms with Gasteiger partial charge in [-0.15, -0.1) is 10.2 Å². The third-order valence-electron chi connectivity index (χ3n) is 2.66. The number of hydrogen-bond donors (Lipinski definition) is 2. The summed E-state index contributed by atoms with van der Waals surface area (Å²) in [6.07, 6.45) is 2.24. The van der Waals surface area contributed by atoms with Crippen LogP contribution in [0.25, 0.3) is 0 Å². The molecule has 0 aliphatic heterocycles. The van der Waals surface area contributed by atoms with Gasteiger partial charge >= 0.3 is 0 Å². The molecule has 0 aliphatic carbocycles. The van der Waals surface area contributed by atoms with Crippen molar-refractivity contribution in [3.63, 3.8) is 0 Å². The van der Waals surface area contributed by atoms with Crippen LogP contribution in [0.1, 0.15) is 29.3 Å². The Morgan fingerprint density at radius 1 is 1.35 bits per heavy atom. The van der Waals surface area contributed by atoms with Crippen LogP contribution in [0.4, 0.5) is 5.13 Å². The van der Waals surface area contributed by atoms with E-state index in [1.807, 2.05) is 0 Å². The molecule has 2 N–H and O–H groups in total. The molecule has 0 saturated carbocycles. The molecule has 2 amide bonds. The van der Waals surface area contributed by atoms with Crippen LogP contribution < -0.4 is 10.6 Å². The summed E-state index contributed by atoms with van der Waals surface area (Å²) in [5.74, 6) is -0.385. The zero-order chi connectivity index (χ0) is 16.8. The molecule has 0 saturated heterocycles. The molecule has 0 aliphatic rings. The fourth-order valence-electron chi connectivity index (χ4n) is 1.68. The van der Waals surface area contributed by atoms with Crippen molar-refractivity contribution in [2.24, 2.45) is 5.92 Å². The Morgan fingerprint density at radius 2 is 2.13 bits per heavy atom. The number of aromatic nitrogens is 3. The molecule has 2 aromatic heterocycles. The molecule has 0 unspecified atom stereocenters. The lowest BCUT2D eigenvalue weighted by atomic mass is 10.1. The topological polar surface area (TPSA) is 96.9 Å². The van der Waals surface area contributed by atoms with Gasteiger partial charge in [-0.05, 0) is 18.1 Å². The standard InChI is InChI=1S/C14H16ClN5O2S/c1-8(2)5-12-19-20-14(23-12)18-11(21)7-17-13(22)10-6-9(15)3-4-16-10/h3-4,6,8H,5,7H2,1-2H3,(H,17,22)(H,18,20,21). The van der Waals surface area contributed by atoms with E-state index in [1.54, 1.807) is 6.07 Å². The number of nitrogens with one attached hydrogen (secondary N) is 2. The molecule has 23 heavy (non-hydrogen) atoms. The molecule has 7 nitrogen and oxygen atoms in total. The zero-order valence-corrected chi connectivity index (χ0v) is 14.2. The van der Waals surface area contributed by atoms with Crippen molar-refractivity contribution in [2.75, 3.05) is 11.9 Å². The smallest absolute Gasteiger partial charge is 0.270 e. The fourth-order valence-corrected chi connectivity index (χ4v) is 2.81. The van der Waals surface area contributed by atoms with Crippen molar-refractivity contribution in [3.8, 4) is 0 Å². The molecule has 9 heteroatoms. The van der Waals surface area contributed by atoms with Gasteiger partial charge in [0.15, 0.2) is 0 Å². The molecule has 0 bridgehead atoms. The van der Waals surface area contributed by atoms with E-state index in [0.29, 0.717) is 16.1 Å². The van der Waals surface area contributed by atoms with Crippen LogP contribution in [-0.2, 0) is 11.2 Å². The van der Waals surface area contributed by atoms with Crippen LogP contribution in [0, 0.1) is 5.92 Å². The minimum absolute atomic E-state index is 0.153. The van der Waals surface area contributed by atoms with E-state index in [4.69, 9.17) is 11.6 Å². The largest absolute Gasteiger partial charge is 0.342 e. The Labute approximate surface area is 142 Å². The minimum Gasteiger partial charge on any atom is -0.342 e. The number of rotatable bonds is 6. The molecule has 122 valence electrons. The summed E-state index contributed by atoms with van der Waals surface area (Å²) in [4.78, 5) is 27.5. The Kier molecular flexibility index (Phi) is 6.00. The van der Waals surface area contributed by atoms with Crippen molar-refractivity contribution in [3.05, 3.63) is 34.1 Å². The maximum absolute atomic E-state index is 11.8. The fraction of sp³-hybridized carbons (Fsp3) is 0.357. The number of hydrogen-bond acceptors (Lipinski definition) is 6. The average molecular weight is 354 g/mol. The second kappa shape index (κ2) is 7.98. The first kappa shape index (κ1) is 17.3. The van der Waals surface area contributed by atoms with Gasteiger partial charge in [-0.25, -0.2) is 0 Å². The van der Waals surface area contributed by atoms with E-state index >= 15 is 0 Å². The Morgan fingerprint density at radius 3 is 2.83 bits per heavy atom. The normalized spacial score (nSPS) is 10.6. The quantitative estimate of drug-likeness (QED) is 0.829. The summed E-state index contributed by atoms with van der Waals surface area (Å²) in [6, 6.07) is 2.99. The van der Waals surface area contributed by atoms with Crippen molar-refractivity contribution in [1.82, 2.24) is 20.5 Å². The Bertz CT molecular complexity index is 704. The number of nitrogens with zero attached hydrogens (tertiary/aromatic N) is 3. The maximum atomic E-state index is 11.8. The van der Waals surface area contributed by atoms with Gasteiger partial charge in [0, 0.05) is 17.6 Å². The second-order valence-electron chi connectivity index (χ2n) is 5.19. The number of carbonyl (C=O) groups is 2. The van der Waals surface area contributed by atoms with Crippen molar-refractivity contribution in [1.29, 1.82) is 0 Å². The molecular weight excluding hydrogens is 338 g/mol. The molecule has 0 spiro atoms. The van der Waals surface area contributed by atoms with E-state index in [1.165, 1.54) is 23.6 Å². The molecule has 2 aromatic rings. The zero-order valence-electron chi connectivity index (χ0n) is 12.7. The highest BCUT2D eigenvalue weighted by Gasteiger charge is 2.12. The summed E-state index contributed by atoms with van der Waals surface area (Å²) < 4.78 is 0. The summed E-state index contributed by atoms with van der Waals surface area (Å²) in [5.41, 5.74) is 0.153. The second-order valence-corrected chi connectivity index (χ2v) is 6.69. The minimum atomic E-state index is -0.472. The first-order chi connectivity index (χ1) is 10.9. The molecule has 0 fully saturated rings. The number of amides is 2. The number of carbonyl (C=O) groups excluding carboxylic acids is 2. The van der Waals surface area contributed by atoms with Crippen LogP contribution in [0.3, 0.4) is 0 Å². The summed E-state index contributed by atoms with van der Waals surface area (Å²) in [6.45, 7) is 3.98. The van der Waals surface area contributed by atoms with Gasteiger partial charge in [-0.2, -0.15) is 0 Å². The van der Waals surface area contributed by atoms with Crippen LogP contribution in [0.2, 0.25) is 5.02 Å². The first-order valence-electron chi connectivity index (χ1n) is 6.96. The van der Waals surface area contributed by atoms with Gasteiger partial charge in [-0.1, -0.05) is 36.8 Å². The van der Waals surface area contributed by atoms with Gasteiger partial charge in [0.1, 0.15) is 10.7 Å². The Balaban J connectivity index is 1.83. The molecule has 0 aromatic carbocycles. The third-order valence-corrected chi connectivity index (χ3v) is 3.76. The van der Waals surface area contributed by atoms with E-state index in [0.717, 1.165) is 11.4 Å². The van der Waals surface area contributed by atoms with Gasteiger partial charge in [0.2, 0.25) is 11.0 Å². The average Bonchev–Trinajstić information content (AvgIpc) is 2.91. The lowest BCUT2D eigenvalue weighted by Crippen LogP contribution is -2.33. The lowest BCUT2D eigenvalue weighted by molar-refractivity contribution is -0.115. The maximum Gasteiger partial charge on any atom is 0.270 e. The Hall–Kier alpha value is -2.06. The molecule has 2 rings (SSSR count). The number of anilines is 1. The lowest BCUT2D eigenvalue weighted by Gasteiger charge is -2.04. The van der Waals surface area contributed by atoms with Gasteiger partial charge in [-0.3, -0.25) is 19.9 Å². The highest BCUT2D eigenvalue weighted by atomic mass is 35.5. The van der Waals surface area contributed by atoms with Crippen molar-refractivity contribution in [2.45, 2.75) is 20.3 Å². The van der Waals surface area contributed by atoms with Crippen LogP contribution in [-0.4, -0.2) is 33.5 Å². The predicted octanol–water partition coefficient (Wildman–Crippen LogP) is 2.15. The SMILES string of the molecule is CC(C)Cc1nnc(NC(=O)CNC(=O)c2cc(Cl)ccn2)s1. The van der Waals surface area contributed by atoms with Crippen molar-refractivity contribution < 1.29 is 9.59 Å². The van der Waals surface area contributed by atoms with E-state index in [2.05, 4.69) is 39.7 Å². The molecular formula is C14H16ClN5O2S. The highest BCUT2D eigenvalue weighted by molar-refractivity contribution is 7.15. The summed E-state index contributed by atoms with van der Waals surface area (Å²) >= 11 is 7.11. The van der Waals surface area contributed by atoms with E-state index in [-0.39, 0.29) is 18.1 Å². The highest BCUT2D eigenvalue weighted by Crippen LogP contribution is 2.17. The third kappa shape index (κ3) is 5.57. The van der Waals surface area contributed by atoms with Crippen LogP contribution >= 0.6 is 22.9 Å². The van der Waals surface area contributed by atoms with Gasteiger partial charge < -0.3 is 5.32 Å². The van der Waals surface area contributed by atoms with Gasteiger partial charge in [0.05, 0.1) is 6.54 Å². The van der Waals surface area contributed by atoms with Crippen molar-refractivity contribution >= 4 is 39.9 Å². The predicted molar refractivity (Wildman–Crippen MR) is 88.7 cm³/mol. The summed E-state index contributed by atoms with van der Waals surface area (Å²) in [7, 11) is 0. The summed E-state index contributed by atoms with van der Waals surface area (Å²) in [5, 5.41) is 14.7. The number of pyridine rings is 1. The molecule has 0 radical (unpaired) electrons. The monoisotopic (exact) mass is 353 g/mol. The van der Waals surface area contributed by atoms with E-state index in [9.17, 15) is 9.59 Å². The van der Waals surface area contributed by atoms with Crippen LogP contribution in [0.5, 0.6) is 0 Å². The van der Waals surface area contributed by atoms with Gasteiger partial charge in [0.25, 0.3) is 5.91 Å². The first-order valence-corrected chi connectivity index (χ1v) is 8.15. The molecule has 2 heterocycles. The number of halogens is 1. The van der Waals surface area contributed by atoms with Crippen LogP contribution in [0.15, 0.2) is 18.3 Å². The molecule has 0 atom stereocenters.